The van der Waals surface area contributed by atoms with Crippen molar-refractivity contribution in [2.75, 3.05) is 6.54 Å². The van der Waals surface area contributed by atoms with E-state index in [4.69, 9.17) is 12.2 Å². The Morgan fingerprint density at radius 1 is 1.19 bits per heavy atom. The smallest absolute Gasteiger partial charge is 0.271 e. The monoisotopic (exact) mass is 450 g/mol. The summed E-state index contributed by atoms with van der Waals surface area (Å²) in [7, 11) is 0. The average molecular weight is 451 g/mol. The summed E-state index contributed by atoms with van der Waals surface area (Å²) in [6.45, 7) is 0.410. The van der Waals surface area contributed by atoms with Gasteiger partial charge in [-0.3, -0.25) is 29.9 Å². The highest BCUT2D eigenvalue weighted by molar-refractivity contribution is 7.80. The maximum Gasteiger partial charge on any atom is 0.271 e. The third-order valence-electron chi connectivity index (χ3n) is 5.62. The number of benzene rings is 1. The first kappa shape index (κ1) is 21.6. The molecule has 1 aromatic carbocycles. The van der Waals surface area contributed by atoms with Gasteiger partial charge in [0.25, 0.3) is 17.5 Å². The number of allylic oxidation sites excluding steroid dienone is 1. The maximum atomic E-state index is 13.1. The largest absolute Gasteiger partial charge is 0.317 e. The van der Waals surface area contributed by atoms with E-state index >= 15 is 0 Å². The third kappa shape index (κ3) is 4.52. The van der Waals surface area contributed by atoms with Crippen LogP contribution in [0.3, 0.4) is 0 Å². The van der Waals surface area contributed by atoms with Crippen molar-refractivity contribution in [2.24, 2.45) is 0 Å². The number of hydrogen-bond donors (Lipinski definition) is 1. The standard InChI is InChI=1S/C23H22N4O4S/c28-21-20(22(29)26(23(32)24-21)13-11-16-6-2-1-3-7-16)15-18-10-5-12-25(18)17-8-4-9-19(14-17)27(30)31/h4-6,8-10,12,14-15H,1-3,7,11,13H2,(H,24,28,32)/b20-15-. The van der Waals surface area contributed by atoms with Crippen LogP contribution < -0.4 is 5.32 Å². The highest BCUT2D eigenvalue weighted by atomic mass is 32.1. The second-order valence-electron chi connectivity index (χ2n) is 7.71. The van der Waals surface area contributed by atoms with E-state index in [2.05, 4.69) is 11.4 Å². The topological polar surface area (TPSA) is 97.5 Å². The van der Waals surface area contributed by atoms with E-state index in [9.17, 15) is 19.7 Å². The molecular formula is C23H22N4O4S. The lowest BCUT2D eigenvalue weighted by Crippen LogP contribution is -2.54. The van der Waals surface area contributed by atoms with Crippen LogP contribution in [0.15, 0.2) is 59.8 Å². The molecule has 4 rings (SSSR count). The number of nitrogens with zero attached hydrogens (tertiary/aromatic N) is 3. The lowest BCUT2D eigenvalue weighted by atomic mass is 9.97. The molecular weight excluding hydrogens is 428 g/mol. The molecule has 1 fully saturated rings. The highest BCUT2D eigenvalue weighted by Crippen LogP contribution is 2.23. The molecule has 2 amide bonds. The van der Waals surface area contributed by atoms with Gasteiger partial charge in [-0.1, -0.05) is 17.7 Å². The molecule has 9 heteroatoms. The zero-order valence-electron chi connectivity index (χ0n) is 17.3. The second kappa shape index (κ2) is 9.27. The van der Waals surface area contributed by atoms with Gasteiger partial charge in [0.1, 0.15) is 5.57 Å². The van der Waals surface area contributed by atoms with Gasteiger partial charge in [-0.2, -0.15) is 0 Å². The summed E-state index contributed by atoms with van der Waals surface area (Å²) in [5, 5.41) is 13.8. The summed E-state index contributed by atoms with van der Waals surface area (Å²) in [6, 6.07) is 9.62. The Kier molecular flexibility index (Phi) is 6.27. The highest BCUT2D eigenvalue weighted by Gasteiger charge is 2.33. The number of rotatable bonds is 6. The molecule has 32 heavy (non-hydrogen) atoms. The lowest BCUT2D eigenvalue weighted by molar-refractivity contribution is -0.384. The normalized spacial score (nSPS) is 18.0. The molecule has 2 heterocycles. The number of aromatic nitrogens is 1. The summed E-state index contributed by atoms with van der Waals surface area (Å²) in [5.41, 5.74) is 2.34. The fraction of sp³-hybridized carbons (Fsp3) is 0.261. The van der Waals surface area contributed by atoms with E-state index in [0.717, 1.165) is 25.7 Å². The van der Waals surface area contributed by atoms with Gasteiger partial charge in [-0.25, -0.2) is 0 Å². The predicted octanol–water partition coefficient (Wildman–Crippen LogP) is 3.90. The van der Waals surface area contributed by atoms with E-state index in [-0.39, 0.29) is 16.4 Å². The van der Waals surface area contributed by atoms with Crippen LogP contribution >= 0.6 is 12.2 Å². The minimum Gasteiger partial charge on any atom is -0.317 e. The van der Waals surface area contributed by atoms with Gasteiger partial charge in [0.05, 0.1) is 10.6 Å². The molecule has 0 radical (unpaired) electrons. The van der Waals surface area contributed by atoms with Gasteiger partial charge in [0.2, 0.25) is 0 Å². The Labute approximate surface area is 190 Å². The summed E-state index contributed by atoms with van der Waals surface area (Å²) in [6.07, 6.45) is 10.6. The fourth-order valence-corrected chi connectivity index (χ4v) is 4.20. The van der Waals surface area contributed by atoms with Crippen LogP contribution in [0.5, 0.6) is 0 Å². The quantitative estimate of drug-likeness (QED) is 0.180. The number of hydrogen-bond acceptors (Lipinski definition) is 5. The molecule has 0 saturated carbocycles. The predicted molar refractivity (Wildman–Crippen MR) is 124 cm³/mol. The second-order valence-corrected chi connectivity index (χ2v) is 8.10. The first-order valence-corrected chi connectivity index (χ1v) is 10.8. The zero-order valence-corrected chi connectivity index (χ0v) is 18.1. The number of nitro groups is 1. The summed E-state index contributed by atoms with van der Waals surface area (Å²) in [4.78, 5) is 37.8. The average Bonchev–Trinajstić information content (AvgIpc) is 3.25. The number of amides is 2. The van der Waals surface area contributed by atoms with Crippen LogP contribution in [-0.4, -0.2) is 37.9 Å². The van der Waals surface area contributed by atoms with Gasteiger partial charge < -0.3 is 4.57 Å². The van der Waals surface area contributed by atoms with Crippen LogP contribution in [0.1, 0.15) is 37.8 Å². The number of carbonyl (C=O) groups is 2. The van der Waals surface area contributed by atoms with Gasteiger partial charge >= 0.3 is 0 Å². The Hall–Kier alpha value is -3.59. The van der Waals surface area contributed by atoms with Gasteiger partial charge in [0, 0.05) is 30.6 Å². The van der Waals surface area contributed by atoms with E-state index in [0.29, 0.717) is 17.9 Å². The summed E-state index contributed by atoms with van der Waals surface area (Å²) >= 11 is 5.25. The fourth-order valence-electron chi connectivity index (χ4n) is 3.94. The maximum absolute atomic E-state index is 13.1. The molecule has 0 spiro atoms. The van der Waals surface area contributed by atoms with Crippen molar-refractivity contribution in [3.05, 3.63) is 75.6 Å². The molecule has 0 atom stereocenters. The van der Waals surface area contributed by atoms with E-state index in [1.165, 1.54) is 35.1 Å². The van der Waals surface area contributed by atoms with Crippen molar-refractivity contribution in [1.29, 1.82) is 0 Å². The van der Waals surface area contributed by atoms with Crippen molar-refractivity contribution in [2.45, 2.75) is 32.1 Å². The first-order chi connectivity index (χ1) is 15.4. The number of carbonyl (C=O) groups excluding carboxylic acids is 2. The number of nitro benzene ring substituents is 1. The van der Waals surface area contributed by atoms with Crippen LogP contribution in [0.4, 0.5) is 5.69 Å². The molecule has 1 saturated heterocycles. The molecule has 2 aliphatic rings. The van der Waals surface area contributed by atoms with Crippen LogP contribution in [0.2, 0.25) is 0 Å². The van der Waals surface area contributed by atoms with Crippen LogP contribution in [-0.2, 0) is 9.59 Å². The first-order valence-electron chi connectivity index (χ1n) is 10.4. The molecule has 0 unspecified atom stereocenters. The number of thiocarbonyl (C=S) groups is 1. The molecule has 1 N–H and O–H groups in total. The Bertz CT molecular complexity index is 1160. The van der Waals surface area contributed by atoms with Crippen LogP contribution in [0.25, 0.3) is 11.8 Å². The van der Waals surface area contributed by atoms with E-state index < -0.39 is 16.7 Å². The Morgan fingerprint density at radius 3 is 2.78 bits per heavy atom. The minimum absolute atomic E-state index is 0.0263. The summed E-state index contributed by atoms with van der Waals surface area (Å²) < 4.78 is 1.69. The van der Waals surface area contributed by atoms with E-state index in [1.807, 2.05) is 0 Å². The molecule has 2 aromatic rings. The van der Waals surface area contributed by atoms with Gasteiger partial charge in [-0.05, 0) is 68.6 Å². The Balaban J connectivity index is 1.60. The lowest BCUT2D eigenvalue weighted by Gasteiger charge is -2.29. The molecule has 1 aliphatic heterocycles. The van der Waals surface area contributed by atoms with Crippen molar-refractivity contribution in [3.63, 3.8) is 0 Å². The molecule has 1 aromatic heterocycles. The van der Waals surface area contributed by atoms with Crippen molar-refractivity contribution in [3.8, 4) is 5.69 Å². The Morgan fingerprint density at radius 2 is 2.03 bits per heavy atom. The van der Waals surface area contributed by atoms with Gasteiger partial charge in [0.15, 0.2) is 5.11 Å². The minimum atomic E-state index is -0.556. The summed E-state index contributed by atoms with van der Waals surface area (Å²) in [5.74, 6) is -0.998. The molecule has 164 valence electrons. The zero-order chi connectivity index (χ0) is 22.7. The third-order valence-corrected chi connectivity index (χ3v) is 5.94. The van der Waals surface area contributed by atoms with Crippen LogP contribution in [0, 0.1) is 10.1 Å². The molecule has 1 aliphatic carbocycles. The van der Waals surface area contributed by atoms with Crippen molar-refractivity contribution < 1.29 is 14.5 Å². The van der Waals surface area contributed by atoms with E-state index in [1.54, 1.807) is 35.0 Å². The van der Waals surface area contributed by atoms with Gasteiger partial charge in [-0.15, -0.1) is 0 Å². The molecule has 8 nitrogen and oxygen atoms in total. The van der Waals surface area contributed by atoms with Crippen molar-refractivity contribution in [1.82, 2.24) is 14.8 Å². The molecule has 0 bridgehead atoms. The number of nitrogens with one attached hydrogen (secondary N) is 1. The SMILES string of the molecule is O=C1NC(=S)N(CCC2=CCCCC2)C(=O)/C1=C\c1cccn1-c1cccc([N+](=O)[O-])c1. The van der Waals surface area contributed by atoms with Crippen molar-refractivity contribution >= 4 is 40.9 Å². The number of non-ortho nitro benzene ring substituents is 1.